The number of allylic oxidation sites excluding steroid dienone is 2. The van der Waals surface area contributed by atoms with Gasteiger partial charge in [-0.15, -0.1) is 0 Å². The van der Waals surface area contributed by atoms with Crippen LogP contribution in [0.1, 0.15) is 58.4 Å². The summed E-state index contributed by atoms with van der Waals surface area (Å²) in [5.74, 6) is -1.30. The van der Waals surface area contributed by atoms with Crippen LogP contribution in [-0.4, -0.2) is 42.3 Å². The number of esters is 1. The van der Waals surface area contributed by atoms with E-state index in [2.05, 4.69) is 18.8 Å². The van der Waals surface area contributed by atoms with Gasteiger partial charge in [-0.25, -0.2) is 0 Å². The number of hydrogen-bond acceptors (Lipinski definition) is 6. The SMILES string of the molecule is CCCOCCOC(=O)C1C(C)=NC2=C(C(=O)CC(C)(C)C2)[C@@H]1c1ccncc1. The zero-order chi connectivity index (χ0) is 21.0. The Morgan fingerprint density at radius 1 is 1.17 bits per heavy atom. The Balaban J connectivity index is 1.92. The Morgan fingerprint density at radius 2 is 1.90 bits per heavy atom. The summed E-state index contributed by atoms with van der Waals surface area (Å²) >= 11 is 0. The van der Waals surface area contributed by atoms with Gasteiger partial charge in [-0.1, -0.05) is 20.8 Å². The van der Waals surface area contributed by atoms with Crippen molar-refractivity contribution in [3.63, 3.8) is 0 Å². The van der Waals surface area contributed by atoms with E-state index < -0.39 is 11.8 Å². The highest BCUT2D eigenvalue weighted by Gasteiger charge is 2.45. The maximum Gasteiger partial charge on any atom is 0.315 e. The van der Waals surface area contributed by atoms with Crippen LogP contribution in [0.5, 0.6) is 0 Å². The van der Waals surface area contributed by atoms with Gasteiger partial charge in [0.15, 0.2) is 5.78 Å². The molecule has 0 saturated heterocycles. The van der Waals surface area contributed by atoms with Crippen LogP contribution in [0.2, 0.25) is 0 Å². The van der Waals surface area contributed by atoms with E-state index >= 15 is 0 Å². The van der Waals surface area contributed by atoms with E-state index in [1.165, 1.54) is 0 Å². The van der Waals surface area contributed by atoms with Gasteiger partial charge in [-0.05, 0) is 42.9 Å². The number of hydrogen-bond donors (Lipinski definition) is 0. The van der Waals surface area contributed by atoms with Gasteiger partial charge in [0.05, 0.1) is 6.61 Å². The molecule has 1 aromatic rings. The van der Waals surface area contributed by atoms with Gasteiger partial charge in [-0.3, -0.25) is 19.6 Å². The van der Waals surface area contributed by atoms with Crippen LogP contribution >= 0.6 is 0 Å². The summed E-state index contributed by atoms with van der Waals surface area (Å²) in [6.07, 6.45) is 5.47. The maximum atomic E-state index is 13.1. The Labute approximate surface area is 172 Å². The second-order valence-corrected chi connectivity index (χ2v) is 8.57. The lowest BCUT2D eigenvalue weighted by molar-refractivity contribution is -0.148. The number of ether oxygens (including phenoxy) is 2. The third-order valence-corrected chi connectivity index (χ3v) is 5.44. The summed E-state index contributed by atoms with van der Waals surface area (Å²) in [6, 6.07) is 3.73. The zero-order valence-corrected chi connectivity index (χ0v) is 17.7. The van der Waals surface area contributed by atoms with Gasteiger partial charge in [0.1, 0.15) is 12.5 Å². The smallest absolute Gasteiger partial charge is 0.315 e. The number of carbonyl (C=O) groups excluding carboxylic acids is 2. The molecule has 2 aliphatic rings. The minimum atomic E-state index is -0.618. The molecule has 3 rings (SSSR count). The summed E-state index contributed by atoms with van der Waals surface area (Å²) < 4.78 is 10.9. The number of carbonyl (C=O) groups is 2. The highest BCUT2D eigenvalue weighted by molar-refractivity contribution is 6.09. The van der Waals surface area contributed by atoms with Gasteiger partial charge >= 0.3 is 5.97 Å². The molecule has 6 nitrogen and oxygen atoms in total. The van der Waals surface area contributed by atoms with Crippen LogP contribution in [-0.2, 0) is 19.1 Å². The standard InChI is InChI=1S/C23H30N2O4/c1-5-10-28-11-12-29-22(27)19-15(2)25-17-13-23(3,4)14-18(26)21(17)20(19)16-6-8-24-9-7-16/h6-9,19-20H,5,10-14H2,1-4H3/t19?,20-/m1/s1. The van der Waals surface area contributed by atoms with E-state index in [0.717, 1.165) is 24.1 Å². The topological polar surface area (TPSA) is 77.9 Å². The van der Waals surface area contributed by atoms with E-state index in [9.17, 15) is 9.59 Å². The van der Waals surface area contributed by atoms with E-state index in [-0.39, 0.29) is 23.8 Å². The van der Waals surface area contributed by atoms with Crippen molar-refractivity contribution in [3.8, 4) is 0 Å². The van der Waals surface area contributed by atoms with Crippen molar-refractivity contribution in [1.82, 2.24) is 4.98 Å². The van der Waals surface area contributed by atoms with Gasteiger partial charge in [0.25, 0.3) is 0 Å². The van der Waals surface area contributed by atoms with Crippen LogP contribution < -0.4 is 0 Å². The number of rotatable bonds is 7. The van der Waals surface area contributed by atoms with E-state index in [1.807, 2.05) is 26.0 Å². The van der Waals surface area contributed by atoms with Crippen molar-refractivity contribution < 1.29 is 19.1 Å². The molecule has 0 saturated carbocycles. The average Bonchev–Trinajstić information content (AvgIpc) is 2.66. The largest absolute Gasteiger partial charge is 0.463 e. The fraction of sp³-hybridized carbons (Fsp3) is 0.565. The number of Topliss-reactive ketones (excluding diaryl/α,β-unsaturated/α-hetero) is 1. The third-order valence-electron chi connectivity index (χ3n) is 5.44. The molecule has 0 aromatic carbocycles. The van der Waals surface area contributed by atoms with Crippen LogP contribution in [0.15, 0.2) is 40.8 Å². The first-order valence-electron chi connectivity index (χ1n) is 10.3. The maximum absolute atomic E-state index is 13.1. The van der Waals surface area contributed by atoms with Crippen LogP contribution in [0.4, 0.5) is 0 Å². The number of aliphatic imine (C=N–C) groups is 1. The van der Waals surface area contributed by atoms with Crippen molar-refractivity contribution in [2.24, 2.45) is 16.3 Å². The molecular formula is C23H30N2O4. The summed E-state index contributed by atoms with van der Waals surface area (Å²) in [5.41, 5.74) is 2.91. The van der Waals surface area contributed by atoms with Crippen LogP contribution in [0, 0.1) is 11.3 Å². The van der Waals surface area contributed by atoms with E-state index in [0.29, 0.717) is 30.9 Å². The number of pyridine rings is 1. The molecule has 156 valence electrons. The van der Waals surface area contributed by atoms with Crippen molar-refractivity contribution in [3.05, 3.63) is 41.4 Å². The van der Waals surface area contributed by atoms with Crippen molar-refractivity contribution in [2.45, 2.75) is 52.9 Å². The van der Waals surface area contributed by atoms with E-state index in [1.54, 1.807) is 12.4 Å². The molecule has 1 aliphatic heterocycles. The molecule has 0 fully saturated rings. The second kappa shape index (κ2) is 8.99. The quantitative estimate of drug-likeness (QED) is 0.515. The van der Waals surface area contributed by atoms with Gasteiger partial charge in [0.2, 0.25) is 0 Å². The van der Waals surface area contributed by atoms with Crippen molar-refractivity contribution in [2.75, 3.05) is 19.8 Å². The molecule has 29 heavy (non-hydrogen) atoms. The molecule has 0 N–H and O–H groups in total. The summed E-state index contributed by atoms with van der Waals surface area (Å²) in [7, 11) is 0. The minimum Gasteiger partial charge on any atom is -0.463 e. The molecule has 0 amide bonds. The fourth-order valence-corrected chi connectivity index (χ4v) is 4.22. The average molecular weight is 399 g/mol. The molecule has 1 unspecified atom stereocenters. The van der Waals surface area contributed by atoms with E-state index in [4.69, 9.17) is 14.5 Å². The van der Waals surface area contributed by atoms with Gasteiger partial charge in [0, 0.05) is 48.3 Å². The Bertz CT molecular complexity index is 827. The highest BCUT2D eigenvalue weighted by atomic mass is 16.6. The first-order valence-corrected chi connectivity index (χ1v) is 10.3. The predicted molar refractivity (Wildman–Crippen MR) is 111 cm³/mol. The van der Waals surface area contributed by atoms with Crippen LogP contribution in [0.3, 0.4) is 0 Å². The summed E-state index contributed by atoms with van der Waals surface area (Å²) in [6.45, 7) is 9.24. The Kier molecular flexibility index (Phi) is 6.63. The first-order chi connectivity index (χ1) is 13.8. The number of aromatic nitrogens is 1. The number of nitrogens with zero attached hydrogens (tertiary/aromatic N) is 2. The lowest BCUT2D eigenvalue weighted by Gasteiger charge is -2.38. The van der Waals surface area contributed by atoms with Gasteiger partial charge < -0.3 is 9.47 Å². The zero-order valence-electron chi connectivity index (χ0n) is 17.7. The Morgan fingerprint density at radius 3 is 2.59 bits per heavy atom. The first kappa shape index (κ1) is 21.4. The second-order valence-electron chi connectivity index (χ2n) is 8.57. The molecule has 2 atom stereocenters. The highest BCUT2D eigenvalue weighted by Crippen LogP contribution is 2.47. The lowest BCUT2D eigenvalue weighted by Crippen LogP contribution is -2.39. The minimum absolute atomic E-state index is 0.0680. The number of ketones is 1. The molecule has 1 aliphatic carbocycles. The monoisotopic (exact) mass is 398 g/mol. The lowest BCUT2D eigenvalue weighted by atomic mass is 9.67. The van der Waals surface area contributed by atoms with Gasteiger partial charge in [-0.2, -0.15) is 0 Å². The summed E-state index contributed by atoms with van der Waals surface area (Å²) in [5, 5.41) is 0. The van der Waals surface area contributed by atoms with Crippen molar-refractivity contribution in [1.29, 1.82) is 0 Å². The third kappa shape index (κ3) is 4.81. The Hall–Kier alpha value is -2.34. The molecule has 0 bridgehead atoms. The fourth-order valence-electron chi connectivity index (χ4n) is 4.22. The normalized spacial score (nSPS) is 23.4. The molecule has 2 heterocycles. The molecule has 0 radical (unpaired) electrons. The molecule has 1 aromatic heterocycles. The van der Waals surface area contributed by atoms with Crippen LogP contribution in [0.25, 0.3) is 0 Å². The molecule has 6 heteroatoms. The molecule has 0 spiro atoms. The molecular weight excluding hydrogens is 368 g/mol. The summed E-state index contributed by atoms with van der Waals surface area (Å²) in [4.78, 5) is 34.9. The van der Waals surface area contributed by atoms with Crippen molar-refractivity contribution >= 4 is 17.5 Å². The predicted octanol–water partition coefficient (Wildman–Crippen LogP) is 3.87.